The lowest BCUT2D eigenvalue weighted by molar-refractivity contribution is -0.133. The molecule has 5 aromatic rings. The normalized spacial score (nSPS) is 17.6. The minimum absolute atomic E-state index is 0.0970. The van der Waals surface area contributed by atoms with Gasteiger partial charge in [-0.05, 0) is 79.4 Å². The standard InChI is InChI=1S/C34H33FN8O3/c35-23-16-21(17-24(18-23)39-28-10-11-29(44)40-34(28)45)19-42-14-12-25(13-15-42)43-33-30(32(36)37-20-38-33)31(41-43)22-6-8-27(9-7-22)46-26-4-2-1-3-5-26/h1-9,16-18,20,25,28,39H,10-15,19H2,(H2,36,37,38)(H,40,44,45). The zero-order chi connectivity index (χ0) is 31.6. The van der Waals surface area contributed by atoms with Crippen LogP contribution in [0.5, 0.6) is 11.5 Å². The Bertz CT molecular complexity index is 1890. The van der Waals surface area contributed by atoms with E-state index < -0.39 is 6.04 Å². The fourth-order valence-corrected chi connectivity index (χ4v) is 6.20. The number of likely N-dealkylation sites (tertiary alicyclic amines) is 1. The molecule has 46 heavy (non-hydrogen) atoms. The van der Waals surface area contributed by atoms with Crippen LogP contribution in [0.2, 0.25) is 0 Å². The first-order valence-electron chi connectivity index (χ1n) is 15.3. The number of benzene rings is 3. The SMILES string of the molecule is Nc1ncnc2c1c(-c1ccc(Oc3ccccc3)cc1)nn2C1CCN(Cc2cc(F)cc(NC3CCC(=O)NC3=O)c2)CC1. The lowest BCUT2D eigenvalue weighted by Crippen LogP contribution is -2.47. The van der Waals surface area contributed by atoms with Gasteiger partial charge in [0.2, 0.25) is 11.8 Å². The molecule has 0 bridgehead atoms. The Morgan fingerprint density at radius 3 is 2.48 bits per heavy atom. The summed E-state index contributed by atoms with van der Waals surface area (Å²) in [6.45, 7) is 2.12. The lowest BCUT2D eigenvalue weighted by Gasteiger charge is -2.32. The van der Waals surface area contributed by atoms with Gasteiger partial charge in [-0.15, -0.1) is 0 Å². The fourth-order valence-electron chi connectivity index (χ4n) is 6.20. The van der Waals surface area contributed by atoms with Crippen molar-refractivity contribution in [1.29, 1.82) is 0 Å². The Kier molecular flexibility index (Phi) is 8.02. The highest BCUT2D eigenvalue weighted by Gasteiger charge is 2.28. The number of hydrogen-bond donors (Lipinski definition) is 3. The maximum Gasteiger partial charge on any atom is 0.249 e. The van der Waals surface area contributed by atoms with Gasteiger partial charge in [0.15, 0.2) is 5.65 Å². The third kappa shape index (κ3) is 6.24. The molecule has 2 fully saturated rings. The zero-order valence-corrected chi connectivity index (χ0v) is 25.0. The largest absolute Gasteiger partial charge is 0.457 e. The molecule has 4 N–H and O–H groups in total. The summed E-state index contributed by atoms with van der Waals surface area (Å²) in [5, 5.41) is 11.2. The van der Waals surface area contributed by atoms with E-state index in [-0.39, 0.29) is 30.1 Å². The molecule has 3 aromatic carbocycles. The molecule has 0 spiro atoms. The average Bonchev–Trinajstić information content (AvgIpc) is 3.44. The summed E-state index contributed by atoms with van der Waals surface area (Å²) in [5.74, 6) is 0.795. The molecular formula is C34H33FN8O3. The van der Waals surface area contributed by atoms with Crippen LogP contribution in [-0.2, 0) is 16.1 Å². The molecule has 7 rings (SSSR count). The molecule has 1 atom stereocenters. The van der Waals surface area contributed by atoms with Crippen LogP contribution in [-0.4, -0.2) is 55.6 Å². The Morgan fingerprint density at radius 1 is 0.957 bits per heavy atom. The monoisotopic (exact) mass is 620 g/mol. The van der Waals surface area contributed by atoms with Crippen LogP contribution in [0.4, 0.5) is 15.9 Å². The van der Waals surface area contributed by atoms with Crippen LogP contribution in [0.3, 0.4) is 0 Å². The number of nitrogens with zero attached hydrogens (tertiary/aromatic N) is 5. The van der Waals surface area contributed by atoms with E-state index in [2.05, 4.69) is 25.5 Å². The van der Waals surface area contributed by atoms with Crippen LogP contribution in [0.25, 0.3) is 22.3 Å². The second-order valence-electron chi connectivity index (χ2n) is 11.7. The van der Waals surface area contributed by atoms with E-state index in [9.17, 15) is 14.0 Å². The highest BCUT2D eigenvalue weighted by atomic mass is 19.1. The van der Waals surface area contributed by atoms with E-state index in [4.69, 9.17) is 15.6 Å². The minimum atomic E-state index is -0.574. The Labute approximate surface area is 264 Å². The van der Waals surface area contributed by atoms with Crippen molar-refractivity contribution >= 4 is 34.4 Å². The number of rotatable bonds is 8. The van der Waals surface area contributed by atoms with Gasteiger partial charge in [0.1, 0.15) is 41.2 Å². The van der Waals surface area contributed by atoms with Crippen molar-refractivity contribution in [3.8, 4) is 22.8 Å². The van der Waals surface area contributed by atoms with Gasteiger partial charge >= 0.3 is 0 Å². The van der Waals surface area contributed by atoms with E-state index in [0.29, 0.717) is 35.9 Å². The number of halogens is 1. The zero-order valence-electron chi connectivity index (χ0n) is 25.0. The Hall–Kier alpha value is -5.36. The molecule has 4 heterocycles. The van der Waals surface area contributed by atoms with Crippen molar-refractivity contribution in [1.82, 2.24) is 30.0 Å². The number of anilines is 2. The highest BCUT2D eigenvalue weighted by molar-refractivity contribution is 6.01. The Balaban J connectivity index is 1.04. The minimum Gasteiger partial charge on any atom is -0.457 e. The number of nitrogen functional groups attached to an aromatic ring is 1. The average molecular weight is 621 g/mol. The first-order chi connectivity index (χ1) is 22.4. The number of ether oxygens (including phenoxy) is 1. The quantitative estimate of drug-likeness (QED) is 0.203. The maximum atomic E-state index is 14.6. The molecule has 1 unspecified atom stereocenters. The lowest BCUT2D eigenvalue weighted by atomic mass is 10.0. The first-order valence-corrected chi connectivity index (χ1v) is 15.3. The molecular weight excluding hydrogens is 587 g/mol. The number of carbonyl (C=O) groups is 2. The molecule has 2 amide bonds. The summed E-state index contributed by atoms with van der Waals surface area (Å²) < 4.78 is 22.5. The summed E-state index contributed by atoms with van der Waals surface area (Å²) in [5.41, 5.74) is 9.99. The van der Waals surface area contributed by atoms with Crippen LogP contribution in [0.15, 0.2) is 79.1 Å². The number of imide groups is 1. The fraction of sp³-hybridized carbons (Fsp3) is 0.265. The third-order valence-corrected chi connectivity index (χ3v) is 8.47. The number of aromatic nitrogens is 4. The van der Waals surface area contributed by atoms with Crippen molar-refractivity contribution in [3.63, 3.8) is 0 Å². The second-order valence-corrected chi connectivity index (χ2v) is 11.7. The van der Waals surface area contributed by atoms with Crippen molar-refractivity contribution in [2.45, 2.75) is 44.3 Å². The van der Waals surface area contributed by atoms with Crippen LogP contribution >= 0.6 is 0 Å². The highest BCUT2D eigenvalue weighted by Crippen LogP contribution is 2.35. The van der Waals surface area contributed by atoms with E-state index in [1.807, 2.05) is 65.3 Å². The summed E-state index contributed by atoms with van der Waals surface area (Å²) >= 11 is 0. The van der Waals surface area contributed by atoms with Crippen LogP contribution < -0.4 is 21.1 Å². The first kappa shape index (κ1) is 29.4. The number of fused-ring (bicyclic) bond motifs is 1. The molecule has 2 aliphatic rings. The molecule has 0 saturated carbocycles. The molecule has 0 aliphatic carbocycles. The van der Waals surface area contributed by atoms with Gasteiger partial charge in [0.25, 0.3) is 0 Å². The summed E-state index contributed by atoms with van der Waals surface area (Å²) in [4.78, 5) is 34.8. The summed E-state index contributed by atoms with van der Waals surface area (Å²) in [6, 6.07) is 21.6. The van der Waals surface area contributed by atoms with Crippen LogP contribution in [0.1, 0.15) is 37.3 Å². The summed E-state index contributed by atoms with van der Waals surface area (Å²) in [7, 11) is 0. The Morgan fingerprint density at radius 2 is 1.72 bits per heavy atom. The molecule has 234 valence electrons. The predicted molar refractivity (Wildman–Crippen MR) is 171 cm³/mol. The van der Waals surface area contributed by atoms with Gasteiger partial charge in [0.05, 0.1) is 11.4 Å². The van der Waals surface area contributed by atoms with E-state index in [0.717, 1.165) is 53.9 Å². The van der Waals surface area contributed by atoms with Gasteiger partial charge in [-0.25, -0.2) is 19.0 Å². The third-order valence-electron chi connectivity index (χ3n) is 8.47. The number of hydrogen-bond acceptors (Lipinski definition) is 9. The molecule has 2 aromatic heterocycles. The topological polar surface area (TPSA) is 140 Å². The van der Waals surface area contributed by atoms with Crippen molar-refractivity contribution in [2.24, 2.45) is 0 Å². The number of nitrogens with two attached hydrogens (primary N) is 1. The molecule has 2 saturated heterocycles. The number of piperidine rings is 2. The molecule has 11 nitrogen and oxygen atoms in total. The van der Waals surface area contributed by atoms with Gasteiger partial charge in [-0.1, -0.05) is 18.2 Å². The van der Waals surface area contributed by atoms with Gasteiger partial charge < -0.3 is 15.8 Å². The second kappa shape index (κ2) is 12.6. The summed E-state index contributed by atoms with van der Waals surface area (Å²) in [6.07, 6.45) is 3.73. The number of nitrogens with one attached hydrogen (secondary N) is 2. The smallest absolute Gasteiger partial charge is 0.249 e. The van der Waals surface area contributed by atoms with E-state index in [1.54, 1.807) is 0 Å². The van der Waals surface area contributed by atoms with E-state index in [1.165, 1.54) is 18.5 Å². The molecule has 0 radical (unpaired) electrons. The van der Waals surface area contributed by atoms with Gasteiger partial charge in [-0.2, -0.15) is 5.10 Å². The maximum absolute atomic E-state index is 14.6. The number of carbonyl (C=O) groups excluding carboxylic acids is 2. The number of para-hydroxylation sites is 1. The van der Waals surface area contributed by atoms with Crippen molar-refractivity contribution < 1.29 is 18.7 Å². The number of amides is 2. The van der Waals surface area contributed by atoms with Gasteiger partial charge in [-0.3, -0.25) is 19.8 Å². The van der Waals surface area contributed by atoms with Crippen molar-refractivity contribution in [3.05, 3.63) is 90.5 Å². The van der Waals surface area contributed by atoms with Crippen molar-refractivity contribution in [2.75, 3.05) is 24.1 Å². The van der Waals surface area contributed by atoms with E-state index >= 15 is 0 Å². The van der Waals surface area contributed by atoms with Crippen LogP contribution in [0, 0.1) is 5.82 Å². The molecule has 2 aliphatic heterocycles. The van der Waals surface area contributed by atoms with Gasteiger partial charge in [0, 0.05) is 37.3 Å². The predicted octanol–water partition coefficient (Wildman–Crippen LogP) is 5.06. The molecule has 12 heteroatoms.